The maximum Gasteiger partial charge on any atom is 0.573 e. The molecule has 2 aromatic carbocycles. The minimum absolute atomic E-state index is 0.0736. The fourth-order valence-electron chi connectivity index (χ4n) is 3.39. The minimum Gasteiger partial charge on any atom is -0.406 e. The van der Waals surface area contributed by atoms with Gasteiger partial charge in [0.1, 0.15) is 5.75 Å². The van der Waals surface area contributed by atoms with Crippen LogP contribution in [-0.2, 0) is 13.0 Å². The molecule has 0 aliphatic carbocycles. The molecule has 0 saturated heterocycles. The molecule has 0 saturated carbocycles. The Kier molecular flexibility index (Phi) is 6.76. The molecule has 2 aromatic heterocycles. The van der Waals surface area contributed by atoms with Crippen LogP contribution in [0.25, 0.3) is 23.0 Å². The monoisotopic (exact) mass is 512 g/mol. The Morgan fingerprint density at radius 2 is 1.69 bits per heavy atom. The van der Waals surface area contributed by atoms with E-state index in [2.05, 4.69) is 20.0 Å². The molecule has 0 aliphatic heterocycles. The van der Waals surface area contributed by atoms with Gasteiger partial charge < -0.3 is 14.4 Å². The van der Waals surface area contributed by atoms with Crippen molar-refractivity contribution in [2.24, 2.45) is 0 Å². The second kappa shape index (κ2) is 9.64. The van der Waals surface area contributed by atoms with Gasteiger partial charge in [-0.25, -0.2) is 0 Å². The van der Waals surface area contributed by atoms with Crippen molar-refractivity contribution in [3.8, 4) is 28.7 Å². The molecular formula is C23H18F6N4O3. The van der Waals surface area contributed by atoms with E-state index in [0.717, 1.165) is 12.1 Å². The lowest BCUT2D eigenvalue weighted by molar-refractivity contribution is -0.274. The number of aliphatic hydroxyl groups is 1. The lowest BCUT2D eigenvalue weighted by atomic mass is 10.0. The summed E-state index contributed by atoms with van der Waals surface area (Å²) >= 11 is 0. The van der Waals surface area contributed by atoms with Gasteiger partial charge in [-0.1, -0.05) is 29.4 Å². The van der Waals surface area contributed by atoms with Gasteiger partial charge in [0.15, 0.2) is 11.8 Å². The van der Waals surface area contributed by atoms with Gasteiger partial charge in [-0.3, -0.25) is 4.68 Å². The zero-order chi connectivity index (χ0) is 26.1. The molecule has 4 aromatic rings. The Balaban J connectivity index is 1.48. The highest BCUT2D eigenvalue weighted by Crippen LogP contribution is 2.27. The van der Waals surface area contributed by atoms with Crippen molar-refractivity contribution in [2.75, 3.05) is 0 Å². The first-order chi connectivity index (χ1) is 16.9. The van der Waals surface area contributed by atoms with Crippen molar-refractivity contribution < 1.29 is 40.7 Å². The van der Waals surface area contributed by atoms with E-state index in [9.17, 15) is 31.4 Å². The maximum atomic E-state index is 12.7. The van der Waals surface area contributed by atoms with E-state index in [0.29, 0.717) is 28.1 Å². The standard InChI is InChI=1S/C23H18F6N4O3/c1-13-9-18(21-30-20(32-36-21)16-5-7-17(8-6-16)35-23(27,28)29)31-33(13)12-15-4-2-3-14(10-15)11-19(34)22(24,25)26/h2-10,19,34H,11-12H2,1H3. The van der Waals surface area contributed by atoms with Crippen molar-refractivity contribution in [3.05, 3.63) is 71.4 Å². The van der Waals surface area contributed by atoms with Crippen LogP contribution in [0, 0.1) is 6.92 Å². The Morgan fingerprint density at radius 3 is 2.36 bits per heavy atom. The highest BCUT2D eigenvalue weighted by atomic mass is 19.4. The zero-order valence-electron chi connectivity index (χ0n) is 18.5. The number of halogens is 6. The van der Waals surface area contributed by atoms with Crippen molar-refractivity contribution in [1.82, 2.24) is 19.9 Å². The first-order valence-corrected chi connectivity index (χ1v) is 10.4. The molecule has 1 atom stereocenters. The summed E-state index contributed by atoms with van der Waals surface area (Å²) in [6, 6.07) is 13.0. The average molecular weight is 512 g/mol. The topological polar surface area (TPSA) is 86.2 Å². The van der Waals surface area contributed by atoms with Gasteiger partial charge in [0.2, 0.25) is 5.82 Å². The molecule has 0 aliphatic rings. The predicted octanol–water partition coefficient (Wildman–Crippen LogP) is 5.32. The van der Waals surface area contributed by atoms with Crippen molar-refractivity contribution in [2.45, 2.75) is 38.5 Å². The van der Waals surface area contributed by atoms with E-state index in [1.165, 1.54) is 18.2 Å². The number of hydrogen-bond donors (Lipinski definition) is 1. The van der Waals surface area contributed by atoms with Crippen LogP contribution in [-0.4, -0.2) is 43.7 Å². The third kappa shape index (κ3) is 6.22. The van der Waals surface area contributed by atoms with Gasteiger partial charge >= 0.3 is 12.5 Å². The van der Waals surface area contributed by atoms with E-state index < -0.39 is 25.1 Å². The molecule has 1 N–H and O–H groups in total. The summed E-state index contributed by atoms with van der Waals surface area (Å²) in [6.07, 6.45) is -12.5. The highest BCUT2D eigenvalue weighted by molar-refractivity contribution is 5.58. The molecule has 0 radical (unpaired) electrons. The van der Waals surface area contributed by atoms with Crippen molar-refractivity contribution in [1.29, 1.82) is 0 Å². The Hall–Kier alpha value is -3.87. The molecule has 0 bridgehead atoms. The largest absolute Gasteiger partial charge is 0.573 e. The number of rotatable bonds is 7. The molecule has 1 unspecified atom stereocenters. The smallest absolute Gasteiger partial charge is 0.406 e. The summed E-state index contributed by atoms with van der Waals surface area (Å²) < 4.78 is 85.6. The lowest BCUT2D eigenvalue weighted by Crippen LogP contribution is -2.30. The molecule has 13 heteroatoms. The van der Waals surface area contributed by atoms with Gasteiger partial charge in [-0.15, -0.1) is 13.2 Å². The van der Waals surface area contributed by atoms with Gasteiger partial charge in [0, 0.05) is 17.7 Å². The lowest BCUT2D eigenvalue weighted by Gasteiger charge is -2.15. The first-order valence-electron chi connectivity index (χ1n) is 10.4. The quantitative estimate of drug-likeness (QED) is 0.338. The van der Waals surface area contributed by atoms with E-state index in [4.69, 9.17) is 4.52 Å². The number of aryl methyl sites for hydroxylation is 1. The predicted molar refractivity (Wildman–Crippen MR) is 114 cm³/mol. The summed E-state index contributed by atoms with van der Waals surface area (Å²) in [5.74, 6) is -0.183. The van der Waals surface area contributed by atoms with E-state index in [-0.39, 0.29) is 24.0 Å². The summed E-state index contributed by atoms with van der Waals surface area (Å²) in [4.78, 5) is 4.24. The zero-order valence-corrected chi connectivity index (χ0v) is 18.5. The average Bonchev–Trinajstić information content (AvgIpc) is 3.40. The SMILES string of the molecule is Cc1cc(-c2nc(-c3ccc(OC(F)(F)F)cc3)no2)nn1Cc1cccc(CC(O)C(F)(F)F)c1. The molecule has 4 rings (SSSR count). The summed E-state index contributed by atoms with van der Waals surface area (Å²) in [5, 5.41) is 17.6. The summed E-state index contributed by atoms with van der Waals surface area (Å²) in [5.41, 5.74) is 2.45. The fourth-order valence-corrected chi connectivity index (χ4v) is 3.39. The number of alkyl halides is 6. The molecule has 7 nitrogen and oxygen atoms in total. The number of aliphatic hydroxyl groups excluding tert-OH is 1. The van der Waals surface area contributed by atoms with Gasteiger partial charge in [0.05, 0.1) is 6.54 Å². The first kappa shape index (κ1) is 25.2. The number of aromatic nitrogens is 4. The van der Waals surface area contributed by atoms with Gasteiger partial charge in [-0.05, 0) is 48.4 Å². The number of ether oxygens (including phenoxy) is 1. The van der Waals surface area contributed by atoms with Crippen LogP contribution < -0.4 is 4.74 Å². The summed E-state index contributed by atoms with van der Waals surface area (Å²) in [6.45, 7) is 2.01. The molecule has 2 heterocycles. The van der Waals surface area contributed by atoms with Crippen LogP contribution in [0.3, 0.4) is 0 Å². The summed E-state index contributed by atoms with van der Waals surface area (Å²) in [7, 11) is 0. The molecule has 0 fully saturated rings. The van der Waals surface area contributed by atoms with Crippen molar-refractivity contribution in [3.63, 3.8) is 0 Å². The molecule has 190 valence electrons. The maximum absolute atomic E-state index is 12.7. The van der Waals surface area contributed by atoms with Gasteiger partial charge in [0.25, 0.3) is 5.89 Å². The second-order valence-corrected chi connectivity index (χ2v) is 7.91. The molecule has 0 spiro atoms. The van der Waals surface area contributed by atoms with Crippen LogP contribution in [0.2, 0.25) is 0 Å². The van der Waals surface area contributed by atoms with Crippen LogP contribution in [0.5, 0.6) is 5.75 Å². The molecule has 0 amide bonds. The minimum atomic E-state index is -4.80. The van der Waals surface area contributed by atoms with Crippen LogP contribution in [0.4, 0.5) is 26.3 Å². The molecular weight excluding hydrogens is 494 g/mol. The van der Waals surface area contributed by atoms with Crippen molar-refractivity contribution >= 4 is 0 Å². The third-order valence-electron chi connectivity index (χ3n) is 5.10. The van der Waals surface area contributed by atoms with E-state index in [1.807, 2.05) is 0 Å². The highest BCUT2D eigenvalue weighted by Gasteiger charge is 2.38. The van der Waals surface area contributed by atoms with Crippen LogP contribution in [0.15, 0.2) is 59.1 Å². The Labute approximate surface area is 199 Å². The normalized spacial score (nSPS) is 13.1. The number of benzene rings is 2. The van der Waals surface area contributed by atoms with Crippen LogP contribution >= 0.6 is 0 Å². The fraction of sp³-hybridized carbons (Fsp3) is 0.261. The number of nitrogens with zero attached hydrogens (tertiary/aromatic N) is 4. The van der Waals surface area contributed by atoms with E-state index in [1.54, 1.807) is 35.9 Å². The second-order valence-electron chi connectivity index (χ2n) is 7.91. The molecule has 36 heavy (non-hydrogen) atoms. The van der Waals surface area contributed by atoms with E-state index >= 15 is 0 Å². The van der Waals surface area contributed by atoms with Gasteiger partial charge in [-0.2, -0.15) is 23.3 Å². The Morgan fingerprint density at radius 1 is 1.00 bits per heavy atom. The number of hydrogen-bond acceptors (Lipinski definition) is 6. The van der Waals surface area contributed by atoms with Crippen LogP contribution in [0.1, 0.15) is 16.8 Å². The Bertz CT molecular complexity index is 1330. The third-order valence-corrected chi connectivity index (χ3v) is 5.10.